The lowest BCUT2D eigenvalue weighted by atomic mass is 9.88. The fourth-order valence-corrected chi connectivity index (χ4v) is 4.91. The number of hydrogen-bond acceptors (Lipinski definition) is 4. The maximum atomic E-state index is 13.0. The van der Waals surface area contributed by atoms with E-state index in [2.05, 4.69) is 26.1 Å². The van der Waals surface area contributed by atoms with Gasteiger partial charge < -0.3 is 15.8 Å². The summed E-state index contributed by atoms with van der Waals surface area (Å²) in [5.74, 6) is 0. The van der Waals surface area contributed by atoms with Gasteiger partial charge in [0.25, 0.3) is 0 Å². The largest absolute Gasteiger partial charge is 0.417 e. The van der Waals surface area contributed by atoms with Gasteiger partial charge in [0, 0.05) is 30.7 Å². The number of nitrogens with zero attached hydrogens (tertiary/aromatic N) is 1. The summed E-state index contributed by atoms with van der Waals surface area (Å²) in [6, 6.07) is 2.61. The van der Waals surface area contributed by atoms with E-state index in [9.17, 15) is 13.2 Å². The molecule has 2 fully saturated rings. The number of ether oxygens (including phenoxy) is 1. The summed E-state index contributed by atoms with van der Waals surface area (Å²) >= 11 is 3.02. The van der Waals surface area contributed by atoms with Gasteiger partial charge in [0.2, 0.25) is 0 Å². The van der Waals surface area contributed by atoms with Crippen LogP contribution in [0.5, 0.6) is 0 Å². The van der Waals surface area contributed by atoms with Crippen molar-refractivity contribution in [3.63, 3.8) is 0 Å². The summed E-state index contributed by atoms with van der Waals surface area (Å²) in [5.41, 5.74) is 5.66. The standard InChI is InChI=1S/C19H27BrF3N3O/c1-27-18(7-3-2-4-8-18)26-9-5-13(6-10-26)25-17-12-15(20)14(11-16(17)24)19(21,22)23/h11-13,25H,2-10,24H2,1H3. The first-order valence-electron chi connectivity index (χ1n) is 9.48. The summed E-state index contributed by atoms with van der Waals surface area (Å²) < 4.78 is 44.9. The lowest BCUT2D eigenvalue weighted by Crippen LogP contribution is -2.55. The van der Waals surface area contributed by atoms with Crippen molar-refractivity contribution in [3.8, 4) is 0 Å². The van der Waals surface area contributed by atoms with E-state index in [1.807, 2.05) is 0 Å². The molecule has 0 atom stereocenters. The summed E-state index contributed by atoms with van der Waals surface area (Å²) in [4.78, 5) is 2.44. The van der Waals surface area contributed by atoms with Gasteiger partial charge in [-0.2, -0.15) is 13.2 Å². The van der Waals surface area contributed by atoms with Crippen LogP contribution >= 0.6 is 15.9 Å². The molecule has 27 heavy (non-hydrogen) atoms. The Balaban J connectivity index is 1.63. The van der Waals surface area contributed by atoms with Gasteiger partial charge in [-0.15, -0.1) is 0 Å². The number of rotatable bonds is 4. The van der Waals surface area contributed by atoms with E-state index in [-0.39, 0.29) is 21.9 Å². The topological polar surface area (TPSA) is 50.5 Å². The van der Waals surface area contributed by atoms with Crippen LogP contribution in [-0.2, 0) is 10.9 Å². The normalized spacial score (nSPS) is 22.0. The predicted octanol–water partition coefficient (Wildman–Crippen LogP) is 5.23. The molecule has 0 aromatic heterocycles. The zero-order chi connectivity index (χ0) is 19.7. The molecule has 1 saturated heterocycles. The number of nitrogen functional groups attached to an aromatic ring is 1. The Morgan fingerprint density at radius 2 is 1.81 bits per heavy atom. The predicted molar refractivity (Wildman–Crippen MR) is 105 cm³/mol. The fraction of sp³-hybridized carbons (Fsp3) is 0.684. The van der Waals surface area contributed by atoms with Crippen molar-refractivity contribution < 1.29 is 17.9 Å². The molecule has 0 radical (unpaired) electrons. The number of methoxy groups -OCH3 is 1. The Morgan fingerprint density at radius 3 is 2.37 bits per heavy atom. The summed E-state index contributed by atoms with van der Waals surface area (Å²) in [5, 5.41) is 3.33. The number of piperidine rings is 1. The van der Waals surface area contributed by atoms with Crippen molar-refractivity contribution in [2.24, 2.45) is 0 Å². The highest BCUT2D eigenvalue weighted by molar-refractivity contribution is 9.10. The van der Waals surface area contributed by atoms with E-state index < -0.39 is 11.7 Å². The van der Waals surface area contributed by atoms with Gasteiger partial charge in [-0.05, 0) is 50.7 Å². The third-order valence-electron chi connectivity index (χ3n) is 5.89. The molecule has 4 nitrogen and oxygen atoms in total. The van der Waals surface area contributed by atoms with Crippen LogP contribution < -0.4 is 11.1 Å². The average Bonchev–Trinajstić information content (AvgIpc) is 2.64. The number of hydrogen-bond donors (Lipinski definition) is 2. The van der Waals surface area contributed by atoms with Crippen molar-refractivity contribution >= 4 is 27.3 Å². The third kappa shape index (κ3) is 4.54. The molecule has 3 N–H and O–H groups in total. The number of alkyl halides is 3. The van der Waals surface area contributed by atoms with Crippen molar-refractivity contribution in [3.05, 3.63) is 22.2 Å². The average molecular weight is 450 g/mol. The summed E-state index contributed by atoms with van der Waals surface area (Å²) in [6.07, 6.45) is 3.19. The third-order valence-corrected chi connectivity index (χ3v) is 6.55. The van der Waals surface area contributed by atoms with E-state index in [4.69, 9.17) is 10.5 Å². The molecule has 2 aliphatic rings. The van der Waals surface area contributed by atoms with Gasteiger partial charge in [0.15, 0.2) is 0 Å². The SMILES string of the molecule is COC1(N2CCC(Nc3cc(Br)c(C(F)(F)F)cc3N)CC2)CCCCC1. The zero-order valence-corrected chi connectivity index (χ0v) is 17.1. The first-order valence-corrected chi connectivity index (χ1v) is 10.3. The molecular weight excluding hydrogens is 423 g/mol. The summed E-state index contributed by atoms with van der Waals surface area (Å²) in [6.45, 7) is 1.82. The molecule has 1 saturated carbocycles. The molecule has 0 amide bonds. The fourth-order valence-electron chi connectivity index (χ4n) is 4.34. The monoisotopic (exact) mass is 449 g/mol. The van der Waals surface area contributed by atoms with Crippen molar-refractivity contribution in [1.82, 2.24) is 4.90 Å². The minimum Gasteiger partial charge on any atom is -0.397 e. The molecule has 0 bridgehead atoms. The highest BCUT2D eigenvalue weighted by Crippen LogP contribution is 2.40. The number of likely N-dealkylation sites (tertiary alicyclic amines) is 1. The van der Waals surface area contributed by atoms with Crippen LogP contribution in [0, 0.1) is 0 Å². The first-order chi connectivity index (χ1) is 12.7. The van der Waals surface area contributed by atoms with E-state index >= 15 is 0 Å². The van der Waals surface area contributed by atoms with Gasteiger partial charge in [0.05, 0.1) is 16.9 Å². The van der Waals surface area contributed by atoms with Gasteiger partial charge >= 0.3 is 6.18 Å². The molecule has 0 unspecified atom stereocenters. The van der Waals surface area contributed by atoms with Crippen LogP contribution in [0.15, 0.2) is 16.6 Å². The molecular formula is C19H27BrF3N3O. The molecule has 8 heteroatoms. The lowest BCUT2D eigenvalue weighted by Gasteiger charge is -2.48. The minimum atomic E-state index is -4.43. The van der Waals surface area contributed by atoms with Gasteiger partial charge in [-0.25, -0.2) is 0 Å². The molecule has 0 spiro atoms. The zero-order valence-electron chi connectivity index (χ0n) is 15.5. The Labute approximate surface area is 166 Å². The van der Waals surface area contributed by atoms with E-state index in [0.29, 0.717) is 5.69 Å². The van der Waals surface area contributed by atoms with E-state index in [1.54, 1.807) is 7.11 Å². The Kier molecular flexibility index (Phi) is 6.27. The highest BCUT2D eigenvalue weighted by atomic mass is 79.9. The Bertz CT molecular complexity index is 654. The number of halogens is 4. The quantitative estimate of drug-likeness (QED) is 0.617. The van der Waals surface area contributed by atoms with Crippen LogP contribution in [-0.4, -0.2) is 36.9 Å². The Morgan fingerprint density at radius 1 is 1.19 bits per heavy atom. The second-order valence-corrected chi connectivity index (χ2v) is 8.39. The maximum absolute atomic E-state index is 13.0. The van der Waals surface area contributed by atoms with Crippen molar-refractivity contribution in [2.75, 3.05) is 31.2 Å². The van der Waals surface area contributed by atoms with Crippen LogP contribution in [0.3, 0.4) is 0 Å². The van der Waals surface area contributed by atoms with Crippen LogP contribution in [0.25, 0.3) is 0 Å². The van der Waals surface area contributed by atoms with E-state index in [0.717, 1.165) is 44.8 Å². The number of nitrogens with one attached hydrogen (secondary N) is 1. The van der Waals surface area contributed by atoms with Crippen LogP contribution in [0.4, 0.5) is 24.5 Å². The second-order valence-electron chi connectivity index (χ2n) is 7.53. The van der Waals surface area contributed by atoms with E-state index in [1.165, 1.54) is 25.3 Å². The minimum absolute atomic E-state index is 0.00433. The second kappa shape index (κ2) is 8.17. The smallest absolute Gasteiger partial charge is 0.397 e. The van der Waals surface area contributed by atoms with Crippen molar-refractivity contribution in [2.45, 2.75) is 62.9 Å². The van der Waals surface area contributed by atoms with Crippen molar-refractivity contribution in [1.29, 1.82) is 0 Å². The molecule has 1 aliphatic carbocycles. The molecule has 1 heterocycles. The van der Waals surface area contributed by atoms with Crippen LogP contribution in [0.1, 0.15) is 50.5 Å². The number of benzene rings is 1. The number of nitrogens with two attached hydrogens (primary N) is 1. The molecule has 152 valence electrons. The van der Waals surface area contributed by atoms with Gasteiger partial charge in [-0.1, -0.05) is 22.4 Å². The Hall–Kier alpha value is -0.990. The lowest BCUT2D eigenvalue weighted by molar-refractivity contribution is -0.162. The highest BCUT2D eigenvalue weighted by Gasteiger charge is 2.40. The number of anilines is 2. The summed E-state index contributed by atoms with van der Waals surface area (Å²) in [7, 11) is 1.80. The molecule has 3 rings (SSSR count). The first kappa shape index (κ1) is 20.7. The van der Waals surface area contributed by atoms with Gasteiger partial charge in [0.1, 0.15) is 5.72 Å². The molecule has 1 aromatic rings. The molecule has 1 aromatic carbocycles. The maximum Gasteiger partial charge on any atom is 0.417 e. The molecule has 1 aliphatic heterocycles. The van der Waals surface area contributed by atoms with Gasteiger partial charge in [-0.3, -0.25) is 4.90 Å². The van der Waals surface area contributed by atoms with Crippen LogP contribution in [0.2, 0.25) is 0 Å².